The Bertz CT molecular complexity index is 213. The molecule has 0 aromatic heterocycles. The Hall–Kier alpha value is -0.780. The molecule has 0 nitrogen and oxygen atoms in total. The maximum Gasteiger partial charge on any atom is -0.0279 e. The van der Waals surface area contributed by atoms with Crippen LogP contribution in [0.15, 0.2) is 30.3 Å². The molecule has 92 valence electrons. The highest BCUT2D eigenvalue weighted by Crippen LogP contribution is 2.09. The first-order chi connectivity index (χ1) is 7.93. The van der Waals surface area contributed by atoms with Gasteiger partial charge in [-0.2, -0.15) is 0 Å². The molecule has 1 rings (SSSR count). The Balaban J connectivity index is 0.00000106. The summed E-state index contributed by atoms with van der Waals surface area (Å²) in [5.74, 6) is 0. The van der Waals surface area contributed by atoms with E-state index in [1.807, 2.05) is 13.8 Å². The number of rotatable bonds is 7. The fourth-order valence-electron chi connectivity index (χ4n) is 1.75. The molecule has 16 heavy (non-hydrogen) atoms. The molecule has 0 aliphatic carbocycles. The second kappa shape index (κ2) is 12.3. The van der Waals surface area contributed by atoms with Gasteiger partial charge in [-0.1, -0.05) is 83.2 Å². The molecule has 0 aliphatic heterocycles. The molecule has 0 fully saturated rings. The molecule has 0 bridgehead atoms. The van der Waals surface area contributed by atoms with E-state index >= 15 is 0 Å². The van der Waals surface area contributed by atoms with Gasteiger partial charge in [0.25, 0.3) is 0 Å². The van der Waals surface area contributed by atoms with E-state index in [-0.39, 0.29) is 0 Å². The molecule has 0 unspecified atom stereocenters. The van der Waals surface area contributed by atoms with Crippen molar-refractivity contribution in [3.05, 3.63) is 35.9 Å². The van der Waals surface area contributed by atoms with Gasteiger partial charge in [0.15, 0.2) is 0 Å². The fourth-order valence-corrected chi connectivity index (χ4v) is 1.75. The molecule has 0 spiro atoms. The van der Waals surface area contributed by atoms with E-state index < -0.39 is 0 Å². The zero-order valence-electron chi connectivity index (χ0n) is 11.3. The van der Waals surface area contributed by atoms with Crippen LogP contribution in [0.25, 0.3) is 0 Å². The number of benzene rings is 1. The third-order valence-electron chi connectivity index (χ3n) is 2.66. The van der Waals surface area contributed by atoms with Gasteiger partial charge in [0.2, 0.25) is 0 Å². The Kier molecular flexibility index (Phi) is 11.7. The van der Waals surface area contributed by atoms with E-state index in [4.69, 9.17) is 0 Å². The summed E-state index contributed by atoms with van der Waals surface area (Å²) in [5, 5.41) is 0. The molecular weight excluding hydrogens is 192 g/mol. The van der Waals surface area contributed by atoms with Gasteiger partial charge in [-0.3, -0.25) is 0 Å². The van der Waals surface area contributed by atoms with Gasteiger partial charge >= 0.3 is 0 Å². The van der Waals surface area contributed by atoms with E-state index in [9.17, 15) is 0 Å². The SMILES string of the molecule is CC.CCCCCCCCc1ccccc1. The molecular formula is C16H28. The average Bonchev–Trinajstić information content (AvgIpc) is 2.37. The molecule has 0 aliphatic rings. The van der Waals surface area contributed by atoms with Crippen molar-refractivity contribution in [2.24, 2.45) is 0 Å². The van der Waals surface area contributed by atoms with Gasteiger partial charge in [-0.15, -0.1) is 0 Å². The van der Waals surface area contributed by atoms with Crippen molar-refractivity contribution in [3.8, 4) is 0 Å². The lowest BCUT2D eigenvalue weighted by molar-refractivity contribution is 0.607. The number of unbranched alkanes of at least 4 members (excludes halogenated alkanes) is 5. The monoisotopic (exact) mass is 220 g/mol. The third-order valence-corrected chi connectivity index (χ3v) is 2.66. The van der Waals surface area contributed by atoms with Gasteiger partial charge in [-0.05, 0) is 18.4 Å². The zero-order chi connectivity index (χ0) is 12.1. The second-order valence-corrected chi connectivity index (χ2v) is 4.00. The lowest BCUT2D eigenvalue weighted by atomic mass is 10.1. The minimum atomic E-state index is 1.26. The van der Waals surface area contributed by atoms with E-state index in [1.54, 1.807) is 0 Å². The van der Waals surface area contributed by atoms with E-state index in [2.05, 4.69) is 37.3 Å². The lowest BCUT2D eigenvalue weighted by Crippen LogP contribution is -1.85. The molecule has 0 saturated carbocycles. The topological polar surface area (TPSA) is 0 Å². The van der Waals surface area contributed by atoms with Crippen LogP contribution < -0.4 is 0 Å². The second-order valence-electron chi connectivity index (χ2n) is 4.00. The minimum Gasteiger partial charge on any atom is -0.0683 e. The van der Waals surface area contributed by atoms with E-state index in [0.29, 0.717) is 0 Å². The van der Waals surface area contributed by atoms with Crippen molar-refractivity contribution >= 4 is 0 Å². The van der Waals surface area contributed by atoms with Crippen LogP contribution in [-0.2, 0) is 6.42 Å². The Morgan fingerprint density at radius 2 is 1.31 bits per heavy atom. The molecule has 0 N–H and O–H groups in total. The van der Waals surface area contributed by atoms with Crippen molar-refractivity contribution < 1.29 is 0 Å². The molecule has 0 radical (unpaired) electrons. The molecule has 1 aromatic carbocycles. The summed E-state index contributed by atoms with van der Waals surface area (Å²) < 4.78 is 0. The first-order valence-corrected chi connectivity index (χ1v) is 6.97. The van der Waals surface area contributed by atoms with Crippen LogP contribution in [0.4, 0.5) is 0 Å². The summed E-state index contributed by atoms with van der Waals surface area (Å²) >= 11 is 0. The highest BCUT2D eigenvalue weighted by atomic mass is 14.0. The van der Waals surface area contributed by atoms with Crippen molar-refractivity contribution in [2.75, 3.05) is 0 Å². The first kappa shape index (κ1) is 15.2. The maximum absolute atomic E-state index is 2.27. The predicted molar refractivity (Wildman–Crippen MR) is 74.9 cm³/mol. The van der Waals surface area contributed by atoms with Crippen molar-refractivity contribution in [1.29, 1.82) is 0 Å². The lowest BCUT2D eigenvalue weighted by Gasteiger charge is -2.01. The summed E-state index contributed by atoms with van der Waals surface area (Å²) in [6.45, 7) is 6.27. The van der Waals surface area contributed by atoms with Crippen LogP contribution in [0.5, 0.6) is 0 Å². The smallest absolute Gasteiger partial charge is 0.0279 e. The summed E-state index contributed by atoms with van der Waals surface area (Å²) in [6.07, 6.45) is 9.60. The molecule has 0 saturated heterocycles. The summed E-state index contributed by atoms with van der Waals surface area (Å²) in [7, 11) is 0. The van der Waals surface area contributed by atoms with Crippen molar-refractivity contribution in [2.45, 2.75) is 65.7 Å². The Morgan fingerprint density at radius 3 is 1.94 bits per heavy atom. The van der Waals surface area contributed by atoms with Gasteiger partial charge < -0.3 is 0 Å². The van der Waals surface area contributed by atoms with Crippen LogP contribution in [0, 0.1) is 0 Å². The fraction of sp³-hybridized carbons (Fsp3) is 0.625. The largest absolute Gasteiger partial charge is 0.0683 e. The first-order valence-electron chi connectivity index (χ1n) is 6.97. The quantitative estimate of drug-likeness (QED) is 0.523. The summed E-state index contributed by atoms with van der Waals surface area (Å²) in [5.41, 5.74) is 1.49. The van der Waals surface area contributed by atoms with E-state index in [0.717, 1.165) is 0 Å². The van der Waals surface area contributed by atoms with Crippen LogP contribution >= 0.6 is 0 Å². The normalized spacial score (nSPS) is 9.44. The minimum absolute atomic E-state index is 1.26. The molecule has 1 aromatic rings. The van der Waals surface area contributed by atoms with Crippen molar-refractivity contribution in [3.63, 3.8) is 0 Å². The van der Waals surface area contributed by atoms with Gasteiger partial charge in [0.05, 0.1) is 0 Å². The van der Waals surface area contributed by atoms with Crippen LogP contribution in [0.2, 0.25) is 0 Å². The van der Waals surface area contributed by atoms with Gasteiger partial charge in [0.1, 0.15) is 0 Å². The highest BCUT2D eigenvalue weighted by molar-refractivity contribution is 5.14. The van der Waals surface area contributed by atoms with Gasteiger partial charge in [0, 0.05) is 0 Å². The molecule has 0 heterocycles. The third kappa shape index (κ3) is 8.52. The molecule has 0 atom stereocenters. The average molecular weight is 220 g/mol. The van der Waals surface area contributed by atoms with Gasteiger partial charge in [-0.25, -0.2) is 0 Å². The standard InChI is InChI=1S/C14H22.C2H6/c1-2-3-4-5-6-8-11-14-12-9-7-10-13-14;1-2/h7,9-10,12-13H,2-6,8,11H2,1H3;1-2H3. The van der Waals surface area contributed by atoms with Crippen LogP contribution in [0.1, 0.15) is 64.9 Å². The molecule has 0 amide bonds. The number of hydrogen-bond acceptors (Lipinski definition) is 0. The number of hydrogen-bond donors (Lipinski definition) is 0. The van der Waals surface area contributed by atoms with Crippen molar-refractivity contribution in [1.82, 2.24) is 0 Å². The maximum atomic E-state index is 2.27. The Labute approximate surface area is 102 Å². The highest BCUT2D eigenvalue weighted by Gasteiger charge is 1.92. The number of aryl methyl sites for hydroxylation is 1. The Morgan fingerprint density at radius 1 is 0.750 bits per heavy atom. The van der Waals surface area contributed by atoms with Crippen LogP contribution in [-0.4, -0.2) is 0 Å². The summed E-state index contributed by atoms with van der Waals surface area (Å²) in [6, 6.07) is 10.8. The van der Waals surface area contributed by atoms with Crippen LogP contribution in [0.3, 0.4) is 0 Å². The summed E-state index contributed by atoms with van der Waals surface area (Å²) in [4.78, 5) is 0. The molecule has 0 heteroatoms. The van der Waals surface area contributed by atoms with E-state index in [1.165, 1.54) is 50.5 Å². The zero-order valence-corrected chi connectivity index (χ0v) is 11.3. The predicted octanol–water partition coefficient (Wildman–Crippen LogP) is 5.62.